The summed E-state index contributed by atoms with van der Waals surface area (Å²) >= 11 is 0. The van der Waals surface area contributed by atoms with E-state index in [0.29, 0.717) is 38.0 Å². The maximum Gasteiger partial charge on any atom is 0.308 e. The fraction of sp³-hybridized carbons (Fsp3) is 0.600. The van der Waals surface area contributed by atoms with Crippen LogP contribution in [0.3, 0.4) is 0 Å². The van der Waals surface area contributed by atoms with Crippen molar-refractivity contribution in [2.24, 2.45) is 5.92 Å². The highest BCUT2D eigenvalue weighted by molar-refractivity contribution is 7.92. The van der Waals surface area contributed by atoms with Gasteiger partial charge >= 0.3 is 5.97 Å². The van der Waals surface area contributed by atoms with Gasteiger partial charge in [0.15, 0.2) is 0 Å². The molecule has 0 spiro atoms. The molecule has 1 amide bonds. The average molecular weight is 411 g/mol. The minimum Gasteiger partial charge on any atom is -0.469 e. The Bertz CT molecular complexity index is 829. The average Bonchev–Trinajstić information content (AvgIpc) is 2.66. The van der Waals surface area contributed by atoms with Gasteiger partial charge in [0.1, 0.15) is 6.04 Å². The van der Waals surface area contributed by atoms with Crippen LogP contribution in [0.1, 0.15) is 37.3 Å². The third-order valence-corrected chi connectivity index (χ3v) is 6.42. The number of amides is 1. The van der Waals surface area contributed by atoms with Crippen molar-refractivity contribution in [2.75, 3.05) is 30.8 Å². The Morgan fingerprint density at radius 1 is 1.25 bits per heavy atom. The van der Waals surface area contributed by atoms with E-state index in [9.17, 15) is 18.0 Å². The van der Waals surface area contributed by atoms with Crippen molar-refractivity contribution in [2.45, 2.75) is 46.1 Å². The number of nitrogens with zero attached hydrogens (tertiary/aromatic N) is 2. The van der Waals surface area contributed by atoms with Crippen LogP contribution in [-0.4, -0.2) is 57.7 Å². The maximum atomic E-state index is 13.2. The number of anilines is 1. The number of ether oxygens (including phenoxy) is 1. The Morgan fingerprint density at radius 3 is 2.36 bits per heavy atom. The summed E-state index contributed by atoms with van der Waals surface area (Å²) in [5, 5.41) is 0. The lowest BCUT2D eigenvalue weighted by Crippen LogP contribution is -2.53. The molecule has 1 aliphatic heterocycles. The Balaban J connectivity index is 2.31. The number of aryl methyl sites for hydroxylation is 2. The highest BCUT2D eigenvalue weighted by atomic mass is 32.2. The van der Waals surface area contributed by atoms with Crippen LogP contribution in [0.4, 0.5) is 5.69 Å². The molecule has 0 radical (unpaired) electrons. The van der Waals surface area contributed by atoms with E-state index >= 15 is 0 Å². The van der Waals surface area contributed by atoms with Crippen molar-refractivity contribution < 1.29 is 22.7 Å². The Labute approximate surface area is 167 Å². The number of benzene rings is 1. The molecule has 156 valence electrons. The molecule has 2 rings (SSSR count). The van der Waals surface area contributed by atoms with E-state index < -0.39 is 16.1 Å². The SMILES string of the molecule is CC[C@@H](C(=O)N1CCC(C(=O)OC)CC1)N(c1cc(C)ccc1C)S(C)(=O)=O. The van der Waals surface area contributed by atoms with Crippen molar-refractivity contribution in [1.82, 2.24) is 4.90 Å². The van der Waals surface area contributed by atoms with Gasteiger partial charge in [-0.1, -0.05) is 19.1 Å². The van der Waals surface area contributed by atoms with Crippen molar-refractivity contribution in [3.05, 3.63) is 29.3 Å². The van der Waals surface area contributed by atoms with Crippen LogP contribution in [0.15, 0.2) is 18.2 Å². The molecule has 1 saturated heterocycles. The van der Waals surface area contributed by atoms with E-state index in [-0.39, 0.29) is 17.8 Å². The number of carbonyl (C=O) groups is 2. The monoisotopic (exact) mass is 410 g/mol. The summed E-state index contributed by atoms with van der Waals surface area (Å²) < 4.78 is 31.4. The molecular formula is C20H30N2O5S. The molecule has 1 atom stereocenters. The zero-order valence-electron chi connectivity index (χ0n) is 17.3. The number of hydrogen-bond donors (Lipinski definition) is 0. The third kappa shape index (κ3) is 4.84. The molecule has 1 aliphatic rings. The van der Waals surface area contributed by atoms with E-state index in [1.54, 1.807) is 11.0 Å². The van der Waals surface area contributed by atoms with Crippen LogP contribution in [-0.2, 0) is 24.3 Å². The van der Waals surface area contributed by atoms with Gasteiger partial charge in [0.2, 0.25) is 15.9 Å². The smallest absolute Gasteiger partial charge is 0.308 e. The maximum absolute atomic E-state index is 13.2. The number of methoxy groups -OCH3 is 1. The van der Waals surface area contributed by atoms with Gasteiger partial charge in [0, 0.05) is 13.1 Å². The first-order valence-electron chi connectivity index (χ1n) is 9.53. The summed E-state index contributed by atoms with van der Waals surface area (Å²) in [6.07, 6.45) is 2.54. The fourth-order valence-corrected chi connectivity index (χ4v) is 4.94. The largest absolute Gasteiger partial charge is 0.469 e. The summed E-state index contributed by atoms with van der Waals surface area (Å²) in [6.45, 7) is 6.38. The van der Waals surface area contributed by atoms with E-state index in [1.807, 2.05) is 32.9 Å². The fourth-order valence-electron chi connectivity index (χ4n) is 3.69. The molecule has 8 heteroatoms. The predicted octanol–water partition coefficient (Wildman–Crippen LogP) is 2.26. The lowest BCUT2D eigenvalue weighted by molar-refractivity contribution is -0.149. The minimum absolute atomic E-state index is 0.209. The van der Waals surface area contributed by atoms with Crippen LogP contribution >= 0.6 is 0 Å². The molecule has 1 heterocycles. The van der Waals surface area contributed by atoms with Gasteiger partial charge < -0.3 is 9.64 Å². The van der Waals surface area contributed by atoms with Gasteiger partial charge in [-0.2, -0.15) is 0 Å². The molecule has 0 aliphatic carbocycles. The van der Waals surface area contributed by atoms with Crippen LogP contribution in [0.25, 0.3) is 0 Å². The van der Waals surface area contributed by atoms with Crippen LogP contribution in [0, 0.1) is 19.8 Å². The number of carbonyl (C=O) groups excluding carboxylic acids is 2. The molecule has 1 aromatic carbocycles. The number of sulfonamides is 1. The second-order valence-corrected chi connectivity index (χ2v) is 9.25. The quantitative estimate of drug-likeness (QED) is 0.672. The number of piperidine rings is 1. The second kappa shape index (κ2) is 8.94. The molecule has 1 aromatic rings. The van der Waals surface area contributed by atoms with E-state index in [1.165, 1.54) is 11.4 Å². The summed E-state index contributed by atoms with van der Waals surface area (Å²) in [6, 6.07) is 4.77. The molecule has 28 heavy (non-hydrogen) atoms. The highest BCUT2D eigenvalue weighted by Gasteiger charge is 2.37. The summed E-state index contributed by atoms with van der Waals surface area (Å²) in [4.78, 5) is 26.6. The zero-order chi connectivity index (χ0) is 21.1. The van der Waals surface area contributed by atoms with Crippen LogP contribution in [0.2, 0.25) is 0 Å². The van der Waals surface area contributed by atoms with Gasteiger partial charge in [-0.25, -0.2) is 8.42 Å². The first-order valence-corrected chi connectivity index (χ1v) is 11.4. The van der Waals surface area contributed by atoms with Crippen LogP contribution in [0.5, 0.6) is 0 Å². The Kier molecular flexibility index (Phi) is 7.09. The van der Waals surface area contributed by atoms with E-state index in [0.717, 1.165) is 17.4 Å². The number of likely N-dealkylation sites (tertiary alicyclic amines) is 1. The first-order chi connectivity index (χ1) is 13.1. The molecule has 0 N–H and O–H groups in total. The molecule has 0 unspecified atom stereocenters. The zero-order valence-corrected chi connectivity index (χ0v) is 18.1. The summed E-state index contributed by atoms with van der Waals surface area (Å²) in [5.74, 6) is -0.691. The summed E-state index contributed by atoms with van der Waals surface area (Å²) in [5.41, 5.74) is 2.26. The normalized spacial score (nSPS) is 16.5. The number of esters is 1. The topological polar surface area (TPSA) is 84.0 Å². The Morgan fingerprint density at radius 2 is 1.86 bits per heavy atom. The minimum atomic E-state index is -3.67. The van der Waals surface area contributed by atoms with E-state index in [4.69, 9.17) is 4.74 Å². The van der Waals surface area contributed by atoms with Gasteiger partial charge in [-0.3, -0.25) is 13.9 Å². The standard InChI is InChI=1S/C20H30N2O5S/c1-6-17(19(23)21-11-9-16(10-12-21)20(24)27-4)22(28(5,25)26)18-13-14(2)7-8-15(18)3/h7-8,13,16-17H,6,9-12H2,1-5H3/t17-/m0/s1. The van der Waals surface area contributed by atoms with Gasteiger partial charge in [0.05, 0.1) is 25.0 Å². The Hall–Kier alpha value is -2.09. The third-order valence-electron chi connectivity index (χ3n) is 5.26. The molecule has 1 fully saturated rings. The van der Waals surface area contributed by atoms with Crippen molar-refractivity contribution in [3.8, 4) is 0 Å². The van der Waals surface area contributed by atoms with Gasteiger partial charge in [-0.05, 0) is 50.3 Å². The van der Waals surface area contributed by atoms with Crippen molar-refractivity contribution in [3.63, 3.8) is 0 Å². The molecule has 0 bridgehead atoms. The van der Waals surface area contributed by atoms with Crippen molar-refractivity contribution in [1.29, 1.82) is 0 Å². The lowest BCUT2D eigenvalue weighted by atomic mass is 9.96. The summed E-state index contributed by atoms with van der Waals surface area (Å²) in [7, 11) is -2.31. The van der Waals surface area contributed by atoms with Crippen LogP contribution < -0.4 is 4.31 Å². The molecule has 7 nitrogen and oxygen atoms in total. The predicted molar refractivity (Wildman–Crippen MR) is 109 cm³/mol. The lowest BCUT2D eigenvalue weighted by Gasteiger charge is -2.37. The number of rotatable bonds is 6. The first kappa shape index (κ1) is 22.2. The number of hydrogen-bond acceptors (Lipinski definition) is 5. The van der Waals surface area contributed by atoms with Crippen molar-refractivity contribution >= 4 is 27.6 Å². The van der Waals surface area contributed by atoms with Gasteiger partial charge in [0.25, 0.3) is 0 Å². The van der Waals surface area contributed by atoms with Gasteiger partial charge in [-0.15, -0.1) is 0 Å². The second-order valence-electron chi connectivity index (χ2n) is 7.40. The molecule has 0 saturated carbocycles. The highest BCUT2D eigenvalue weighted by Crippen LogP contribution is 2.29. The molecule has 0 aromatic heterocycles. The van der Waals surface area contributed by atoms with E-state index in [2.05, 4.69) is 0 Å². The molecular weight excluding hydrogens is 380 g/mol.